The van der Waals surface area contributed by atoms with Gasteiger partial charge in [0.15, 0.2) is 5.82 Å². The van der Waals surface area contributed by atoms with Gasteiger partial charge < -0.3 is 20.3 Å². The van der Waals surface area contributed by atoms with Gasteiger partial charge >= 0.3 is 5.97 Å². The maximum Gasteiger partial charge on any atom is 0.320 e. The zero-order valence-electron chi connectivity index (χ0n) is 27.5. The van der Waals surface area contributed by atoms with Crippen LogP contribution in [0.1, 0.15) is 54.0 Å². The fraction of sp³-hybridized carbons (Fsp3) is 0.308. The van der Waals surface area contributed by atoms with E-state index in [1.165, 1.54) is 7.11 Å². The Hall–Kier alpha value is -4.86. The number of carbonyl (C=O) groups is 1. The highest BCUT2D eigenvalue weighted by Gasteiger charge is 2.38. The molecule has 1 saturated heterocycles. The van der Waals surface area contributed by atoms with E-state index in [1.807, 2.05) is 41.3 Å². The molecular formula is C39H41FN4O4. The van der Waals surface area contributed by atoms with Crippen molar-refractivity contribution >= 4 is 34.1 Å². The van der Waals surface area contributed by atoms with E-state index in [9.17, 15) is 15.0 Å². The Kier molecular flexibility index (Phi) is 9.71. The molecule has 3 unspecified atom stereocenters. The number of halogens is 1. The highest BCUT2D eigenvalue weighted by atomic mass is 19.1. The third kappa shape index (κ3) is 6.61. The monoisotopic (exact) mass is 648 g/mol. The summed E-state index contributed by atoms with van der Waals surface area (Å²) in [6.45, 7) is 5.14. The highest BCUT2D eigenvalue weighted by molar-refractivity contribution is 5.89. The second kappa shape index (κ2) is 14.1. The number of likely N-dealkylation sites (tertiary alicyclic amines) is 1. The summed E-state index contributed by atoms with van der Waals surface area (Å²) < 4.78 is 21.9. The number of rotatable bonds is 10. The van der Waals surface area contributed by atoms with Crippen LogP contribution >= 0.6 is 0 Å². The maximum atomic E-state index is 16.4. The molecule has 2 aliphatic rings. The van der Waals surface area contributed by atoms with Crippen LogP contribution in [-0.2, 0) is 17.9 Å². The molecule has 0 spiro atoms. The summed E-state index contributed by atoms with van der Waals surface area (Å²) in [5.74, 6) is -0.584. The number of nitrogens with zero attached hydrogens (tertiary/aromatic N) is 3. The van der Waals surface area contributed by atoms with Gasteiger partial charge in [-0.2, -0.15) is 0 Å². The highest BCUT2D eigenvalue weighted by Crippen LogP contribution is 2.42. The number of pyridine rings is 2. The van der Waals surface area contributed by atoms with Crippen LogP contribution in [0.15, 0.2) is 91.3 Å². The van der Waals surface area contributed by atoms with E-state index in [4.69, 9.17) is 14.7 Å². The number of benzene rings is 2. The van der Waals surface area contributed by atoms with Gasteiger partial charge in [0.2, 0.25) is 0 Å². The lowest BCUT2D eigenvalue weighted by atomic mass is 9.73. The summed E-state index contributed by atoms with van der Waals surface area (Å²) in [4.78, 5) is 23.4. The molecular weight excluding hydrogens is 607 g/mol. The van der Waals surface area contributed by atoms with Crippen LogP contribution in [0.5, 0.6) is 5.75 Å². The first-order valence-corrected chi connectivity index (χ1v) is 16.3. The lowest BCUT2D eigenvalue weighted by Crippen LogP contribution is -2.44. The van der Waals surface area contributed by atoms with Crippen LogP contribution in [0.3, 0.4) is 0 Å². The third-order valence-electron chi connectivity index (χ3n) is 9.66. The van der Waals surface area contributed by atoms with Gasteiger partial charge in [0.1, 0.15) is 23.1 Å². The predicted octanol–water partition coefficient (Wildman–Crippen LogP) is 7.33. The predicted molar refractivity (Wildman–Crippen MR) is 187 cm³/mol. The van der Waals surface area contributed by atoms with Crippen LogP contribution < -0.4 is 10.1 Å². The van der Waals surface area contributed by atoms with Crippen LogP contribution in [0.4, 0.5) is 10.2 Å². The number of aryl methyl sites for hydroxylation is 1. The summed E-state index contributed by atoms with van der Waals surface area (Å²) >= 11 is 0. The molecule has 0 radical (unpaired) electrons. The van der Waals surface area contributed by atoms with E-state index >= 15 is 4.39 Å². The van der Waals surface area contributed by atoms with E-state index in [2.05, 4.69) is 37.4 Å². The molecule has 0 bridgehead atoms. The zero-order valence-corrected chi connectivity index (χ0v) is 27.5. The number of methoxy groups -OCH3 is 1. The molecule has 0 saturated carbocycles. The summed E-state index contributed by atoms with van der Waals surface area (Å²) in [7, 11) is 1.50. The first-order chi connectivity index (χ1) is 23.2. The Balaban J connectivity index is 1.40. The zero-order chi connectivity index (χ0) is 33.8. The largest absolute Gasteiger partial charge is 0.496 e. The first kappa shape index (κ1) is 33.1. The van der Waals surface area contributed by atoms with Crippen molar-refractivity contribution in [3.8, 4) is 5.75 Å². The van der Waals surface area contributed by atoms with Crippen molar-refractivity contribution in [2.75, 3.05) is 19.0 Å². The third-order valence-corrected chi connectivity index (χ3v) is 9.66. The van der Waals surface area contributed by atoms with Crippen molar-refractivity contribution in [3.63, 3.8) is 0 Å². The molecule has 8 nitrogen and oxygen atoms in total. The summed E-state index contributed by atoms with van der Waals surface area (Å²) in [5.41, 5.74) is 4.63. The number of carboxylic acid groups (broad SMARTS) is 1. The molecule has 1 aliphatic carbocycles. The molecule has 3 heterocycles. The van der Waals surface area contributed by atoms with Crippen molar-refractivity contribution in [2.45, 2.75) is 57.8 Å². The quantitative estimate of drug-likeness (QED) is 0.164. The number of anilines is 1. The number of allylic oxidation sites excluding steroid dienone is 2. The van der Waals surface area contributed by atoms with Gasteiger partial charge in [-0.3, -0.25) is 14.7 Å². The molecule has 4 aromatic rings. The smallest absolute Gasteiger partial charge is 0.320 e. The summed E-state index contributed by atoms with van der Waals surface area (Å²) in [6.07, 6.45) is 13.6. The van der Waals surface area contributed by atoms with Crippen LogP contribution in [0.2, 0.25) is 0 Å². The Morgan fingerprint density at radius 1 is 1.17 bits per heavy atom. The van der Waals surface area contributed by atoms with Gasteiger partial charge in [-0.1, -0.05) is 68.0 Å². The van der Waals surface area contributed by atoms with Gasteiger partial charge in [0.05, 0.1) is 19.3 Å². The molecule has 3 atom stereocenters. The lowest BCUT2D eigenvalue weighted by molar-refractivity contribution is -0.144. The fourth-order valence-electron chi connectivity index (χ4n) is 6.94. The molecule has 2 aromatic carbocycles. The summed E-state index contributed by atoms with van der Waals surface area (Å²) in [6, 6.07) is 16.5. The number of nitrogens with one attached hydrogen (secondary N) is 1. The van der Waals surface area contributed by atoms with Gasteiger partial charge in [0, 0.05) is 41.4 Å². The number of hydrogen-bond donors (Lipinski definition) is 3. The number of carboxylic acids is 1. The lowest BCUT2D eigenvalue weighted by Gasteiger charge is -2.39. The van der Waals surface area contributed by atoms with E-state index in [0.29, 0.717) is 41.2 Å². The Morgan fingerprint density at radius 3 is 2.77 bits per heavy atom. The second-order valence-electron chi connectivity index (χ2n) is 12.6. The normalized spacial score (nSPS) is 21.6. The van der Waals surface area contributed by atoms with Crippen molar-refractivity contribution in [3.05, 3.63) is 119 Å². The molecule has 248 valence electrons. The van der Waals surface area contributed by atoms with E-state index in [-0.39, 0.29) is 12.5 Å². The number of hydrogen-bond acceptors (Lipinski definition) is 7. The fourth-order valence-corrected chi connectivity index (χ4v) is 6.94. The van der Waals surface area contributed by atoms with Gasteiger partial charge in [-0.15, -0.1) is 0 Å². The average molecular weight is 649 g/mol. The Morgan fingerprint density at radius 2 is 2.00 bits per heavy atom. The Bertz CT molecular complexity index is 1920. The van der Waals surface area contributed by atoms with Crippen molar-refractivity contribution < 1.29 is 24.1 Å². The molecule has 0 amide bonds. The van der Waals surface area contributed by atoms with Crippen LogP contribution in [0.25, 0.3) is 22.3 Å². The SMILES string of the molecule is COc1cc(/C(F)=C/C2(Nc3nccc4cc(CN5CCCCC5C(=O)O)cnc34)C=CC=C(c3ccccc3C)C2C)ccc1CO. The second-order valence-corrected chi connectivity index (χ2v) is 12.6. The minimum absolute atomic E-state index is 0.218. The molecule has 1 fully saturated rings. The molecule has 2 aromatic heterocycles. The van der Waals surface area contributed by atoms with E-state index in [1.54, 1.807) is 36.7 Å². The topological polar surface area (TPSA) is 108 Å². The van der Waals surface area contributed by atoms with Crippen molar-refractivity contribution in [1.82, 2.24) is 14.9 Å². The van der Waals surface area contributed by atoms with Crippen LogP contribution in [0, 0.1) is 12.8 Å². The van der Waals surface area contributed by atoms with Gasteiger partial charge in [0.25, 0.3) is 0 Å². The number of aliphatic hydroxyl groups excluding tert-OH is 1. The minimum Gasteiger partial charge on any atom is -0.496 e. The van der Waals surface area contributed by atoms with E-state index < -0.39 is 23.4 Å². The summed E-state index contributed by atoms with van der Waals surface area (Å²) in [5, 5.41) is 23.9. The molecule has 6 rings (SSSR count). The molecule has 3 N–H and O–H groups in total. The first-order valence-electron chi connectivity index (χ1n) is 16.3. The van der Waals surface area contributed by atoms with Crippen molar-refractivity contribution in [1.29, 1.82) is 0 Å². The maximum absolute atomic E-state index is 16.4. The molecule has 9 heteroatoms. The van der Waals surface area contributed by atoms with Crippen molar-refractivity contribution in [2.24, 2.45) is 5.92 Å². The average Bonchev–Trinajstić information content (AvgIpc) is 3.09. The minimum atomic E-state index is -1.05. The molecule has 48 heavy (non-hydrogen) atoms. The number of fused-ring (bicyclic) bond motifs is 1. The van der Waals surface area contributed by atoms with Gasteiger partial charge in [-0.05, 0) is 72.8 Å². The number of aliphatic carboxylic acids is 1. The number of aliphatic hydroxyl groups is 1. The number of piperidine rings is 1. The Labute approximate surface area is 280 Å². The number of ether oxygens (including phenoxy) is 1. The van der Waals surface area contributed by atoms with Gasteiger partial charge in [-0.25, -0.2) is 9.37 Å². The standard InChI is InChI=1S/C39H41FN4O4/c1-25-9-4-5-10-31(25)32-11-8-16-39(26(32)2,21-33(40)28-13-14-30(24-45)35(20-28)48-3)43-37-36-29(15-17-41-37)19-27(22-42-36)23-44-18-7-6-12-34(44)38(46)47/h4-5,8-11,13-17,19-22,26,34,45H,6-7,12,18,23-24H2,1-3H3,(H,41,43)(H,46,47)/b33-21-. The van der Waals surface area contributed by atoms with E-state index in [0.717, 1.165) is 47.0 Å². The van der Waals surface area contributed by atoms with Crippen LogP contribution in [-0.4, -0.2) is 56.3 Å². The number of aromatic nitrogens is 2. The molecule has 1 aliphatic heterocycles.